The normalized spacial score (nSPS) is 18.6. The van der Waals surface area contributed by atoms with Crippen LogP contribution in [0.5, 0.6) is 0 Å². The lowest BCUT2D eigenvalue weighted by molar-refractivity contribution is 0.0968. The van der Waals surface area contributed by atoms with E-state index in [1.807, 2.05) is 6.26 Å². The van der Waals surface area contributed by atoms with Crippen LogP contribution < -0.4 is 16.0 Å². The summed E-state index contributed by atoms with van der Waals surface area (Å²) in [7, 11) is 3.37. The van der Waals surface area contributed by atoms with Gasteiger partial charge in [-0.25, -0.2) is 0 Å². The number of amides is 1. The highest BCUT2D eigenvalue weighted by Crippen LogP contribution is 2.45. The van der Waals surface area contributed by atoms with Crippen molar-refractivity contribution in [2.75, 3.05) is 50.7 Å². The van der Waals surface area contributed by atoms with Gasteiger partial charge < -0.3 is 20.7 Å². The molecule has 0 saturated carbocycles. The number of ether oxygens (including phenoxy) is 1. The molecule has 0 spiro atoms. The van der Waals surface area contributed by atoms with Gasteiger partial charge in [-0.05, 0) is 12.7 Å². The van der Waals surface area contributed by atoms with Gasteiger partial charge in [-0.2, -0.15) is 0 Å². The molecule has 1 unspecified atom stereocenters. The van der Waals surface area contributed by atoms with E-state index in [2.05, 4.69) is 10.2 Å². The van der Waals surface area contributed by atoms with Gasteiger partial charge in [-0.1, -0.05) is 0 Å². The number of thioether (sulfide) groups is 1. The zero-order valence-corrected chi connectivity index (χ0v) is 13.7. The van der Waals surface area contributed by atoms with Crippen molar-refractivity contribution in [3.8, 4) is 0 Å². The number of nitrogens with zero attached hydrogens (tertiary/aromatic N) is 1. The molecule has 0 aromatic carbocycles. The second-order valence-corrected chi connectivity index (χ2v) is 6.63. The number of methoxy groups -OCH3 is 1. The number of carbonyl (C=O) groups is 1. The molecule has 1 fully saturated rings. The summed E-state index contributed by atoms with van der Waals surface area (Å²) in [5.74, 6) is 0.447. The van der Waals surface area contributed by atoms with Gasteiger partial charge in [-0.15, -0.1) is 23.1 Å². The van der Waals surface area contributed by atoms with E-state index in [1.165, 1.54) is 11.3 Å². The van der Waals surface area contributed by atoms with Gasteiger partial charge >= 0.3 is 0 Å². The summed E-state index contributed by atoms with van der Waals surface area (Å²) in [6.45, 7) is 2.75. The Morgan fingerprint density at radius 1 is 1.65 bits per heavy atom. The molecule has 1 saturated heterocycles. The standard InChI is InChI=1S/C13H21N3O2S2/c1-15-12(17)10-9(14)11(19-3)13(20-10)16-5-4-8(6-16)7-18-2/h8H,4-7,14H2,1-3H3,(H,15,17). The van der Waals surface area contributed by atoms with E-state index in [0.717, 1.165) is 36.0 Å². The van der Waals surface area contributed by atoms with Gasteiger partial charge in [0.1, 0.15) is 9.88 Å². The Labute approximate surface area is 127 Å². The minimum atomic E-state index is -0.110. The molecular formula is C13H21N3O2S2. The van der Waals surface area contributed by atoms with Gasteiger partial charge in [0.25, 0.3) is 5.91 Å². The van der Waals surface area contributed by atoms with Crippen molar-refractivity contribution in [3.05, 3.63) is 4.88 Å². The fraction of sp³-hybridized carbons (Fsp3) is 0.615. The van der Waals surface area contributed by atoms with E-state index in [4.69, 9.17) is 10.5 Å². The molecule has 2 heterocycles. The Morgan fingerprint density at radius 2 is 2.40 bits per heavy atom. The quantitative estimate of drug-likeness (QED) is 0.812. The smallest absolute Gasteiger partial charge is 0.263 e. The number of hydrogen-bond donors (Lipinski definition) is 2. The van der Waals surface area contributed by atoms with Gasteiger partial charge in [0.05, 0.1) is 17.2 Å². The highest BCUT2D eigenvalue weighted by atomic mass is 32.2. The molecule has 1 aromatic heterocycles. The van der Waals surface area contributed by atoms with E-state index < -0.39 is 0 Å². The van der Waals surface area contributed by atoms with Gasteiger partial charge in [0.2, 0.25) is 0 Å². The molecule has 1 amide bonds. The lowest BCUT2D eigenvalue weighted by Gasteiger charge is -2.18. The third-order valence-electron chi connectivity index (χ3n) is 3.50. The summed E-state index contributed by atoms with van der Waals surface area (Å²) in [6.07, 6.45) is 3.12. The lowest BCUT2D eigenvalue weighted by atomic mass is 10.1. The molecule has 20 heavy (non-hydrogen) atoms. The van der Waals surface area contributed by atoms with Crippen molar-refractivity contribution in [1.29, 1.82) is 0 Å². The molecule has 1 aromatic rings. The van der Waals surface area contributed by atoms with Crippen LogP contribution in [-0.4, -0.2) is 46.0 Å². The average molecular weight is 315 g/mol. The van der Waals surface area contributed by atoms with Crippen LogP contribution in [0.3, 0.4) is 0 Å². The van der Waals surface area contributed by atoms with Crippen molar-refractivity contribution in [2.24, 2.45) is 5.92 Å². The summed E-state index contributed by atoms with van der Waals surface area (Å²) in [6, 6.07) is 0. The maximum atomic E-state index is 11.9. The van der Waals surface area contributed by atoms with Crippen LogP contribution in [0.1, 0.15) is 16.1 Å². The van der Waals surface area contributed by atoms with Crippen LogP contribution in [0, 0.1) is 5.92 Å². The first kappa shape index (κ1) is 15.5. The molecule has 0 radical (unpaired) electrons. The Morgan fingerprint density at radius 3 is 3.00 bits per heavy atom. The first-order valence-electron chi connectivity index (χ1n) is 6.54. The highest BCUT2D eigenvalue weighted by Gasteiger charge is 2.28. The molecule has 1 aliphatic rings. The van der Waals surface area contributed by atoms with Gasteiger partial charge in [0.15, 0.2) is 0 Å². The van der Waals surface area contributed by atoms with Crippen molar-refractivity contribution in [2.45, 2.75) is 11.3 Å². The lowest BCUT2D eigenvalue weighted by Crippen LogP contribution is -2.20. The zero-order valence-electron chi connectivity index (χ0n) is 12.1. The summed E-state index contributed by atoms with van der Waals surface area (Å²) in [4.78, 5) is 15.8. The molecule has 2 rings (SSSR count). The molecule has 1 aliphatic heterocycles. The summed E-state index contributed by atoms with van der Waals surface area (Å²) >= 11 is 3.09. The molecular weight excluding hydrogens is 294 g/mol. The number of anilines is 2. The third-order valence-corrected chi connectivity index (χ3v) is 5.71. The number of thiophene rings is 1. The van der Waals surface area contributed by atoms with Crippen molar-refractivity contribution in [3.63, 3.8) is 0 Å². The molecule has 0 aliphatic carbocycles. The predicted octanol–water partition coefficient (Wildman–Crippen LogP) is 1.88. The number of hydrogen-bond acceptors (Lipinski definition) is 6. The van der Waals surface area contributed by atoms with Crippen LogP contribution in [0.2, 0.25) is 0 Å². The SMILES string of the molecule is CNC(=O)c1sc(N2CCC(COC)C2)c(SC)c1N. The Hall–Kier alpha value is -0.920. The number of rotatable bonds is 5. The number of nitrogens with two attached hydrogens (primary N) is 1. The summed E-state index contributed by atoms with van der Waals surface area (Å²) < 4.78 is 5.23. The molecule has 3 N–H and O–H groups in total. The van der Waals surface area contributed by atoms with Crippen LogP contribution in [0.25, 0.3) is 0 Å². The van der Waals surface area contributed by atoms with E-state index in [9.17, 15) is 4.79 Å². The van der Waals surface area contributed by atoms with Crippen molar-refractivity contribution >= 4 is 39.7 Å². The topological polar surface area (TPSA) is 67.6 Å². The summed E-state index contributed by atoms with van der Waals surface area (Å²) in [5, 5.41) is 3.77. The average Bonchev–Trinajstić information content (AvgIpc) is 3.02. The number of carbonyl (C=O) groups excluding carboxylic acids is 1. The first-order chi connectivity index (χ1) is 9.62. The summed E-state index contributed by atoms with van der Waals surface area (Å²) in [5.41, 5.74) is 6.73. The van der Waals surface area contributed by atoms with Gasteiger partial charge in [-0.3, -0.25) is 4.79 Å². The molecule has 112 valence electrons. The van der Waals surface area contributed by atoms with E-state index in [0.29, 0.717) is 16.5 Å². The minimum absolute atomic E-state index is 0.110. The van der Waals surface area contributed by atoms with Gasteiger partial charge in [0, 0.05) is 33.2 Å². The third kappa shape index (κ3) is 2.89. The predicted molar refractivity (Wildman–Crippen MR) is 86.1 cm³/mol. The zero-order chi connectivity index (χ0) is 14.7. The largest absolute Gasteiger partial charge is 0.396 e. The minimum Gasteiger partial charge on any atom is -0.396 e. The van der Waals surface area contributed by atoms with E-state index in [-0.39, 0.29) is 5.91 Å². The molecule has 5 nitrogen and oxygen atoms in total. The number of nitrogen functional groups attached to an aromatic ring is 1. The molecule has 7 heteroatoms. The Kier molecular flexibility index (Phi) is 5.17. The number of nitrogens with one attached hydrogen (secondary N) is 1. The van der Waals surface area contributed by atoms with Crippen LogP contribution in [-0.2, 0) is 4.74 Å². The van der Waals surface area contributed by atoms with Crippen LogP contribution >= 0.6 is 23.1 Å². The van der Waals surface area contributed by atoms with Crippen LogP contribution in [0.4, 0.5) is 10.7 Å². The van der Waals surface area contributed by atoms with E-state index >= 15 is 0 Å². The molecule has 1 atom stereocenters. The monoisotopic (exact) mass is 315 g/mol. The van der Waals surface area contributed by atoms with Crippen molar-refractivity contribution < 1.29 is 9.53 Å². The molecule has 0 bridgehead atoms. The second kappa shape index (κ2) is 6.69. The Balaban J connectivity index is 2.26. The van der Waals surface area contributed by atoms with Crippen LogP contribution in [0.15, 0.2) is 4.90 Å². The fourth-order valence-electron chi connectivity index (χ4n) is 2.49. The highest BCUT2D eigenvalue weighted by molar-refractivity contribution is 7.99. The Bertz CT molecular complexity index is 490. The fourth-order valence-corrected chi connectivity index (χ4v) is 4.66. The van der Waals surface area contributed by atoms with Crippen molar-refractivity contribution in [1.82, 2.24) is 5.32 Å². The first-order valence-corrected chi connectivity index (χ1v) is 8.58. The maximum Gasteiger partial charge on any atom is 0.263 e. The van der Waals surface area contributed by atoms with E-state index in [1.54, 1.807) is 25.9 Å². The maximum absolute atomic E-state index is 11.9. The second-order valence-electron chi connectivity index (χ2n) is 4.82.